The number of urea groups is 1. The number of amides is 3. The van der Waals surface area contributed by atoms with Gasteiger partial charge < -0.3 is 30.1 Å². The highest BCUT2D eigenvalue weighted by Crippen LogP contribution is 2.27. The maximum Gasteiger partial charge on any atom is 0.318 e. The number of aliphatic carboxylic acids is 1. The van der Waals surface area contributed by atoms with Crippen molar-refractivity contribution in [3.8, 4) is 5.75 Å². The summed E-state index contributed by atoms with van der Waals surface area (Å²) in [6.45, 7) is 8.45. The van der Waals surface area contributed by atoms with Crippen molar-refractivity contribution < 1.29 is 38.6 Å². The number of ketones is 1. The van der Waals surface area contributed by atoms with Crippen LogP contribution in [0.1, 0.15) is 55.4 Å². The lowest BCUT2D eigenvalue weighted by Crippen LogP contribution is -2.56. The van der Waals surface area contributed by atoms with Crippen molar-refractivity contribution in [1.29, 1.82) is 0 Å². The Morgan fingerprint density at radius 1 is 0.889 bits per heavy atom. The van der Waals surface area contributed by atoms with E-state index in [0.717, 1.165) is 40.4 Å². The van der Waals surface area contributed by atoms with Gasteiger partial charge in [-0.3, -0.25) is 19.2 Å². The van der Waals surface area contributed by atoms with E-state index in [2.05, 4.69) is 10.6 Å². The fraction of sp³-hybridized carbons (Fsp3) is 0.452. The van der Waals surface area contributed by atoms with Gasteiger partial charge in [-0.2, -0.15) is 0 Å². The van der Waals surface area contributed by atoms with Gasteiger partial charge in [-0.1, -0.05) is 92.7 Å². The number of aryl methyl sites for hydroxylation is 2. The molecule has 0 aromatic heterocycles. The van der Waals surface area contributed by atoms with Crippen molar-refractivity contribution >= 4 is 41.4 Å². The Labute approximate surface area is 322 Å². The smallest absolute Gasteiger partial charge is 0.318 e. The van der Waals surface area contributed by atoms with Crippen LogP contribution in [0.2, 0.25) is 0 Å². The van der Waals surface area contributed by atoms with Gasteiger partial charge in [0.2, 0.25) is 0 Å². The molecule has 1 aliphatic rings. The van der Waals surface area contributed by atoms with Crippen LogP contribution in [-0.2, 0) is 36.8 Å². The molecular formula is C42H53N3O8S. The number of hydrogen-bond acceptors (Lipinski definition) is 8. The summed E-state index contributed by atoms with van der Waals surface area (Å²) in [5.41, 5.74) is 3.67. The molecule has 3 N–H and O–H groups in total. The summed E-state index contributed by atoms with van der Waals surface area (Å²) in [7, 11) is 0. The second kappa shape index (κ2) is 21.2. The molecule has 4 atom stereocenters. The highest BCUT2D eigenvalue weighted by atomic mass is 32.2. The van der Waals surface area contributed by atoms with E-state index >= 15 is 0 Å². The number of rotatable bonds is 21. The van der Waals surface area contributed by atoms with E-state index in [1.807, 2.05) is 107 Å². The zero-order valence-electron chi connectivity index (χ0n) is 31.6. The Kier molecular flexibility index (Phi) is 16.4. The molecule has 0 radical (unpaired) electrons. The lowest BCUT2D eigenvalue weighted by Gasteiger charge is -2.37. The van der Waals surface area contributed by atoms with Crippen molar-refractivity contribution in [2.24, 2.45) is 11.8 Å². The lowest BCUT2D eigenvalue weighted by molar-refractivity contribution is -0.149. The Bertz CT molecular complexity index is 1680. The third-order valence-electron chi connectivity index (χ3n) is 9.41. The van der Waals surface area contributed by atoms with Gasteiger partial charge in [-0.25, -0.2) is 4.79 Å². The standard InChI is InChI=1S/C42H53N3O8S/c1-28(2)40(45-20-12-19-43-42(45)51)35(46)23-33(21-31-15-7-5-8-16-31)24-36(53-39(50)27-54-26-38(48)49)34(22-32-17-9-6-10-18-32)44-37(47)25-52-41-29(3)13-11-14-30(41)4/h5-11,13-18,28,33-34,36,40H,12,19-27H2,1-4H3,(H,43,51)(H,44,47)(H,48,49)/t33?,34?,36-,40-/m0/s1. The van der Waals surface area contributed by atoms with Crippen LogP contribution in [-0.4, -0.2) is 89.1 Å². The van der Waals surface area contributed by atoms with Gasteiger partial charge in [0.05, 0.1) is 23.6 Å². The molecule has 54 heavy (non-hydrogen) atoms. The van der Waals surface area contributed by atoms with Gasteiger partial charge >= 0.3 is 18.0 Å². The molecule has 2 unspecified atom stereocenters. The summed E-state index contributed by atoms with van der Waals surface area (Å²) in [4.78, 5) is 67.1. The van der Waals surface area contributed by atoms with Crippen LogP contribution < -0.4 is 15.4 Å². The molecule has 1 saturated heterocycles. The second-order valence-electron chi connectivity index (χ2n) is 14.2. The summed E-state index contributed by atoms with van der Waals surface area (Å²) in [5.74, 6) is -2.51. The van der Waals surface area contributed by atoms with E-state index in [1.165, 1.54) is 0 Å². The van der Waals surface area contributed by atoms with Crippen LogP contribution in [0.15, 0.2) is 78.9 Å². The number of benzene rings is 3. The summed E-state index contributed by atoms with van der Waals surface area (Å²) in [5, 5.41) is 15.1. The van der Waals surface area contributed by atoms with Crippen LogP contribution in [0, 0.1) is 25.7 Å². The summed E-state index contributed by atoms with van der Waals surface area (Å²) in [6, 6.07) is 23.4. The van der Waals surface area contributed by atoms with E-state index < -0.39 is 36.0 Å². The first-order chi connectivity index (χ1) is 25.9. The second-order valence-corrected chi connectivity index (χ2v) is 15.2. The SMILES string of the molecule is Cc1cccc(C)c1OCC(=O)NC(Cc1ccccc1)[C@H](CC(CC(=O)[C@H](C(C)C)N1CCCNC1=O)Cc1ccccc1)OC(=O)CSCC(=O)O. The molecule has 1 heterocycles. The number of carboxylic acid groups (broad SMARTS) is 1. The Morgan fingerprint density at radius 3 is 2.11 bits per heavy atom. The lowest BCUT2D eigenvalue weighted by atomic mass is 9.83. The fourth-order valence-corrected chi connectivity index (χ4v) is 7.53. The van der Waals surface area contributed by atoms with Crippen LogP contribution in [0.5, 0.6) is 5.75 Å². The van der Waals surface area contributed by atoms with Crippen LogP contribution >= 0.6 is 11.8 Å². The number of carboxylic acids is 1. The van der Waals surface area contributed by atoms with Crippen LogP contribution in [0.4, 0.5) is 4.79 Å². The van der Waals surface area contributed by atoms with Gasteiger partial charge in [-0.05, 0) is 73.6 Å². The largest absolute Gasteiger partial charge is 0.483 e. The van der Waals surface area contributed by atoms with Crippen LogP contribution in [0.25, 0.3) is 0 Å². The molecule has 0 aliphatic carbocycles. The maximum absolute atomic E-state index is 14.3. The molecule has 3 amide bonds. The number of ether oxygens (including phenoxy) is 2. The predicted octanol–water partition coefficient (Wildman–Crippen LogP) is 5.79. The number of esters is 1. The summed E-state index contributed by atoms with van der Waals surface area (Å²) >= 11 is 0.926. The fourth-order valence-electron chi connectivity index (χ4n) is 7.01. The van der Waals surface area contributed by atoms with E-state index in [0.29, 0.717) is 31.7 Å². The normalized spacial score (nSPS) is 15.1. The van der Waals surface area contributed by atoms with E-state index in [-0.39, 0.29) is 54.6 Å². The van der Waals surface area contributed by atoms with Crippen molar-refractivity contribution in [3.05, 3.63) is 101 Å². The van der Waals surface area contributed by atoms with Crippen molar-refractivity contribution in [3.63, 3.8) is 0 Å². The molecular weight excluding hydrogens is 707 g/mol. The summed E-state index contributed by atoms with van der Waals surface area (Å²) in [6.07, 6.45) is 0.942. The monoisotopic (exact) mass is 759 g/mol. The Morgan fingerprint density at radius 2 is 1.52 bits per heavy atom. The minimum atomic E-state index is -1.05. The molecule has 3 aromatic carbocycles. The minimum Gasteiger partial charge on any atom is -0.483 e. The first kappa shape index (κ1) is 41.9. The average Bonchev–Trinajstić information content (AvgIpc) is 3.12. The van der Waals surface area contributed by atoms with Gasteiger partial charge in [-0.15, -0.1) is 11.8 Å². The highest BCUT2D eigenvalue weighted by molar-refractivity contribution is 8.00. The first-order valence-electron chi connectivity index (χ1n) is 18.5. The molecule has 1 fully saturated rings. The molecule has 0 saturated carbocycles. The number of carbonyl (C=O) groups is 5. The Balaban J connectivity index is 1.67. The number of nitrogens with zero attached hydrogens (tertiary/aromatic N) is 1. The molecule has 0 spiro atoms. The maximum atomic E-state index is 14.3. The number of para-hydroxylation sites is 1. The number of carbonyl (C=O) groups excluding carboxylic acids is 4. The number of nitrogens with one attached hydrogen (secondary N) is 2. The van der Waals surface area contributed by atoms with Gasteiger partial charge in [0, 0.05) is 19.5 Å². The third kappa shape index (κ3) is 13.2. The molecule has 12 heteroatoms. The van der Waals surface area contributed by atoms with Gasteiger partial charge in [0.15, 0.2) is 12.4 Å². The number of thioether (sulfide) groups is 1. The molecule has 3 aromatic rings. The topological polar surface area (TPSA) is 151 Å². The zero-order valence-corrected chi connectivity index (χ0v) is 32.4. The quantitative estimate of drug-likeness (QED) is 0.115. The predicted molar refractivity (Wildman–Crippen MR) is 210 cm³/mol. The molecule has 1 aliphatic heterocycles. The number of hydrogen-bond donors (Lipinski definition) is 3. The zero-order chi connectivity index (χ0) is 39.0. The molecule has 290 valence electrons. The van der Waals surface area contributed by atoms with Crippen molar-refractivity contribution in [2.75, 3.05) is 31.2 Å². The third-order valence-corrected chi connectivity index (χ3v) is 10.3. The van der Waals surface area contributed by atoms with Gasteiger partial charge in [0.25, 0.3) is 5.91 Å². The van der Waals surface area contributed by atoms with Crippen molar-refractivity contribution in [2.45, 2.75) is 78.0 Å². The van der Waals surface area contributed by atoms with Gasteiger partial charge in [0.1, 0.15) is 11.9 Å². The molecule has 0 bridgehead atoms. The minimum absolute atomic E-state index is 0.0873. The highest BCUT2D eigenvalue weighted by Gasteiger charge is 2.37. The van der Waals surface area contributed by atoms with E-state index in [9.17, 15) is 29.1 Å². The molecule has 4 rings (SSSR count). The van der Waals surface area contributed by atoms with Crippen LogP contribution in [0.3, 0.4) is 0 Å². The van der Waals surface area contributed by atoms with Crippen molar-refractivity contribution in [1.82, 2.24) is 15.5 Å². The van der Waals surface area contributed by atoms with E-state index in [1.54, 1.807) is 4.90 Å². The summed E-state index contributed by atoms with van der Waals surface area (Å²) < 4.78 is 12.1. The van der Waals surface area contributed by atoms with E-state index in [4.69, 9.17) is 9.47 Å². The Hall–Kier alpha value is -4.84. The first-order valence-corrected chi connectivity index (χ1v) is 19.7. The number of Topliss-reactive ketones (excluding diaryl/α,β-unsaturated/α-hetero) is 1. The molecule has 11 nitrogen and oxygen atoms in total. The average molecular weight is 760 g/mol.